The zero-order valence-corrected chi connectivity index (χ0v) is 14.9. The molecule has 24 heavy (non-hydrogen) atoms. The first-order valence-electron chi connectivity index (χ1n) is 8.95. The van der Waals surface area contributed by atoms with Crippen LogP contribution in [0.15, 0.2) is 23.3 Å². The van der Waals surface area contributed by atoms with Crippen molar-refractivity contribution < 1.29 is 14.6 Å². The van der Waals surface area contributed by atoms with Crippen molar-refractivity contribution in [1.82, 2.24) is 5.43 Å². The van der Waals surface area contributed by atoms with E-state index in [0.717, 1.165) is 18.4 Å². The van der Waals surface area contributed by atoms with Crippen molar-refractivity contribution in [3.05, 3.63) is 23.8 Å². The number of rotatable bonds is 12. The van der Waals surface area contributed by atoms with Crippen LogP contribution in [0, 0.1) is 0 Å². The summed E-state index contributed by atoms with van der Waals surface area (Å²) in [6, 6.07) is 4.95. The van der Waals surface area contributed by atoms with Gasteiger partial charge < -0.3 is 9.84 Å². The van der Waals surface area contributed by atoms with Crippen LogP contribution in [-0.2, 0) is 4.79 Å². The molecule has 0 aliphatic rings. The molecule has 0 heterocycles. The number of ether oxygens (including phenoxy) is 1. The maximum absolute atomic E-state index is 11.7. The quantitative estimate of drug-likeness (QED) is 0.338. The topological polar surface area (TPSA) is 70.9 Å². The minimum absolute atomic E-state index is 0.0661. The Morgan fingerprint density at radius 1 is 1.17 bits per heavy atom. The van der Waals surface area contributed by atoms with Crippen molar-refractivity contribution in [2.24, 2.45) is 5.10 Å². The van der Waals surface area contributed by atoms with Gasteiger partial charge in [0.25, 0.3) is 0 Å². The summed E-state index contributed by atoms with van der Waals surface area (Å²) >= 11 is 0. The molecule has 2 N–H and O–H groups in total. The van der Waals surface area contributed by atoms with Gasteiger partial charge in [0.15, 0.2) is 11.5 Å². The lowest BCUT2D eigenvalue weighted by Gasteiger charge is -2.06. The molecule has 0 aliphatic carbocycles. The maximum Gasteiger partial charge on any atom is 0.240 e. The molecule has 0 fully saturated rings. The van der Waals surface area contributed by atoms with E-state index in [2.05, 4.69) is 17.5 Å². The molecule has 134 valence electrons. The molecule has 0 saturated heterocycles. The van der Waals surface area contributed by atoms with Crippen LogP contribution < -0.4 is 10.2 Å². The summed E-state index contributed by atoms with van der Waals surface area (Å²) in [6.07, 6.45) is 10.4. The Morgan fingerprint density at radius 2 is 1.88 bits per heavy atom. The zero-order chi connectivity index (χ0) is 17.6. The molecule has 1 amide bonds. The lowest BCUT2D eigenvalue weighted by Crippen LogP contribution is -2.16. The van der Waals surface area contributed by atoms with E-state index in [1.807, 2.05) is 6.92 Å². The van der Waals surface area contributed by atoms with Gasteiger partial charge in [-0.05, 0) is 37.1 Å². The van der Waals surface area contributed by atoms with Gasteiger partial charge in [0.05, 0.1) is 12.8 Å². The van der Waals surface area contributed by atoms with Gasteiger partial charge in [-0.25, -0.2) is 5.43 Å². The lowest BCUT2D eigenvalue weighted by atomic mass is 10.1. The Morgan fingerprint density at radius 3 is 2.58 bits per heavy atom. The van der Waals surface area contributed by atoms with Gasteiger partial charge in [-0.1, -0.05) is 45.4 Å². The third-order valence-electron chi connectivity index (χ3n) is 3.69. The molecule has 0 saturated carbocycles. The minimum Gasteiger partial charge on any atom is -0.504 e. The molecule has 0 radical (unpaired) electrons. The van der Waals surface area contributed by atoms with E-state index in [-0.39, 0.29) is 11.7 Å². The van der Waals surface area contributed by atoms with Gasteiger partial charge in [0, 0.05) is 6.42 Å². The summed E-state index contributed by atoms with van der Waals surface area (Å²) in [5, 5.41) is 13.6. The Kier molecular flexibility index (Phi) is 10.3. The average molecular weight is 334 g/mol. The predicted molar refractivity (Wildman–Crippen MR) is 97.6 cm³/mol. The molecule has 0 bridgehead atoms. The molecule has 0 atom stereocenters. The van der Waals surface area contributed by atoms with Gasteiger partial charge in [0.1, 0.15) is 0 Å². The standard InChI is InChI=1S/C19H30N2O3/c1-3-5-6-7-8-9-10-11-19(23)21-20-15-16-12-13-17(22)18(14-16)24-4-2/h12-15,22H,3-11H2,1-2H3,(H,21,23). The second-order valence-corrected chi connectivity index (χ2v) is 5.82. The number of benzene rings is 1. The van der Waals surface area contributed by atoms with Crippen LogP contribution in [-0.4, -0.2) is 23.8 Å². The van der Waals surface area contributed by atoms with Crippen LogP contribution in [0.4, 0.5) is 0 Å². The van der Waals surface area contributed by atoms with E-state index >= 15 is 0 Å². The molecule has 0 aliphatic heterocycles. The Labute approximate surface area is 145 Å². The number of nitrogens with zero attached hydrogens (tertiary/aromatic N) is 1. The molecule has 0 spiro atoms. The van der Waals surface area contributed by atoms with Crippen LogP contribution in [0.3, 0.4) is 0 Å². The van der Waals surface area contributed by atoms with E-state index in [9.17, 15) is 9.90 Å². The van der Waals surface area contributed by atoms with Crippen molar-refractivity contribution in [1.29, 1.82) is 0 Å². The van der Waals surface area contributed by atoms with Crippen molar-refractivity contribution >= 4 is 12.1 Å². The Hall–Kier alpha value is -2.04. The fourth-order valence-corrected chi connectivity index (χ4v) is 2.36. The molecule has 1 aromatic carbocycles. The van der Waals surface area contributed by atoms with Gasteiger partial charge in [-0.15, -0.1) is 0 Å². The summed E-state index contributed by atoms with van der Waals surface area (Å²) < 4.78 is 5.31. The van der Waals surface area contributed by atoms with Crippen LogP contribution in [0.1, 0.15) is 70.8 Å². The van der Waals surface area contributed by atoms with E-state index in [4.69, 9.17) is 4.74 Å². The molecule has 1 aromatic rings. The number of hydrogen-bond donors (Lipinski definition) is 2. The molecular formula is C19H30N2O3. The fraction of sp³-hybridized carbons (Fsp3) is 0.579. The van der Waals surface area contributed by atoms with E-state index in [1.165, 1.54) is 32.1 Å². The van der Waals surface area contributed by atoms with Crippen molar-refractivity contribution in [2.45, 2.75) is 65.2 Å². The van der Waals surface area contributed by atoms with Crippen molar-refractivity contribution in [2.75, 3.05) is 6.61 Å². The van der Waals surface area contributed by atoms with Crippen molar-refractivity contribution in [3.8, 4) is 11.5 Å². The highest BCUT2D eigenvalue weighted by Gasteiger charge is 2.03. The first kappa shape index (κ1) is 20.0. The molecule has 0 unspecified atom stereocenters. The summed E-state index contributed by atoms with van der Waals surface area (Å²) in [6.45, 7) is 4.54. The number of nitrogens with one attached hydrogen (secondary N) is 1. The van der Waals surface area contributed by atoms with E-state index in [0.29, 0.717) is 18.8 Å². The fourth-order valence-electron chi connectivity index (χ4n) is 2.36. The van der Waals surface area contributed by atoms with Crippen LogP contribution >= 0.6 is 0 Å². The average Bonchev–Trinajstić information content (AvgIpc) is 2.57. The summed E-state index contributed by atoms with van der Waals surface area (Å²) in [5.41, 5.74) is 3.29. The largest absolute Gasteiger partial charge is 0.504 e. The number of unbranched alkanes of at least 4 members (excludes halogenated alkanes) is 6. The Balaban J connectivity index is 2.24. The number of carbonyl (C=O) groups is 1. The van der Waals surface area contributed by atoms with Crippen LogP contribution in [0.2, 0.25) is 0 Å². The number of aromatic hydroxyl groups is 1. The van der Waals surface area contributed by atoms with Gasteiger partial charge in [0.2, 0.25) is 5.91 Å². The second kappa shape index (κ2) is 12.4. The van der Waals surface area contributed by atoms with E-state index in [1.54, 1.807) is 24.4 Å². The third kappa shape index (κ3) is 8.56. The number of hydrogen-bond acceptors (Lipinski definition) is 4. The first-order chi connectivity index (χ1) is 11.7. The number of amides is 1. The highest BCUT2D eigenvalue weighted by atomic mass is 16.5. The highest BCUT2D eigenvalue weighted by Crippen LogP contribution is 2.26. The zero-order valence-electron chi connectivity index (χ0n) is 14.9. The van der Waals surface area contributed by atoms with E-state index < -0.39 is 0 Å². The normalized spacial score (nSPS) is 10.9. The molecule has 0 aromatic heterocycles. The van der Waals surface area contributed by atoms with Crippen molar-refractivity contribution in [3.63, 3.8) is 0 Å². The monoisotopic (exact) mass is 334 g/mol. The summed E-state index contributed by atoms with van der Waals surface area (Å²) in [5.74, 6) is 0.441. The molecule has 5 heteroatoms. The maximum atomic E-state index is 11.7. The minimum atomic E-state index is -0.0661. The third-order valence-corrected chi connectivity index (χ3v) is 3.69. The smallest absolute Gasteiger partial charge is 0.240 e. The Bertz CT molecular complexity index is 515. The van der Waals surface area contributed by atoms with Crippen LogP contribution in [0.25, 0.3) is 0 Å². The summed E-state index contributed by atoms with van der Waals surface area (Å²) in [4.78, 5) is 11.7. The number of hydrazone groups is 1. The molecule has 5 nitrogen and oxygen atoms in total. The predicted octanol–water partition coefficient (Wildman–Crippen LogP) is 4.38. The van der Waals surface area contributed by atoms with Gasteiger partial charge in [-0.2, -0.15) is 5.10 Å². The van der Waals surface area contributed by atoms with Crippen LogP contribution in [0.5, 0.6) is 11.5 Å². The lowest BCUT2D eigenvalue weighted by molar-refractivity contribution is -0.121. The number of carbonyl (C=O) groups excluding carboxylic acids is 1. The first-order valence-corrected chi connectivity index (χ1v) is 8.95. The summed E-state index contributed by atoms with van der Waals surface area (Å²) in [7, 11) is 0. The van der Waals surface area contributed by atoms with Gasteiger partial charge >= 0.3 is 0 Å². The molecular weight excluding hydrogens is 304 g/mol. The number of phenols is 1. The SMILES string of the molecule is CCCCCCCCCC(=O)NN=Cc1ccc(O)c(OCC)c1. The van der Waals surface area contributed by atoms with Gasteiger partial charge in [-0.3, -0.25) is 4.79 Å². The second-order valence-electron chi connectivity index (χ2n) is 5.82. The number of phenolic OH excluding ortho intramolecular Hbond substituents is 1. The highest BCUT2D eigenvalue weighted by molar-refractivity contribution is 5.83. The molecule has 1 rings (SSSR count).